The highest BCUT2D eigenvalue weighted by Gasteiger charge is 2.39. The quantitative estimate of drug-likeness (QED) is 0.876. The predicted molar refractivity (Wildman–Crippen MR) is 63.6 cm³/mol. The van der Waals surface area contributed by atoms with Crippen molar-refractivity contribution in [2.24, 2.45) is 0 Å². The number of likely N-dealkylation sites (tertiary alicyclic amines) is 1. The first-order valence-electron chi connectivity index (χ1n) is 5.54. The van der Waals surface area contributed by atoms with Gasteiger partial charge in [0.05, 0.1) is 11.3 Å². The van der Waals surface area contributed by atoms with Crippen LogP contribution >= 0.6 is 11.3 Å². The minimum absolute atomic E-state index is 0.447. The molecule has 5 heteroatoms. The van der Waals surface area contributed by atoms with Gasteiger partial charge in [-0.1, -0.05) is 6.92 Å². The summed E-state index contributed by atoms with van der Waals surface area (Å²) in [6, 6.07) is 0. The molecule has 2 aromatic heterocycles. The number of imidazole rings is 1. The molecule has 1 saturated heterocycles. The molecule has 3 heterocycles. The molecule has 0 bridgehead atoms. The standard InChI is InChI=1S/C11H15N3OS/c1-2-11(15)7-13(8-11)5-9-6-14-3-4-16-10(14)12-9/h3-4,6,15H,2,5,7-8H2,1H3. The Morgan fingerprint density at radius 1 is 1.56 bits per heavy atom. The van der Waals surface area contributed by atoms with Crippen LogP contribution in [0.3, 0.4) is 0 Å². The maximum Gasteiger partial charge on any atom is 0.193 e. The van der Waals surface area contributed by atoms with Crippen LogP contribution in [0.5, 0.6) is 0 Å². The van der Waals surface area contributed by atoms with Gasteiger partial charge in [-0.25, -0.2) is 4.98 Å². The minimum atomic E-state index is -0.447. The highest BCUT2D eigenvalue weighted by Crippen LogP contribution is 2.25. The monoisotopic (exact) mass is 237 g/mol. The molecule has 1 aliphatic heterocycles. The second kappa shape index (κ2) is 3.55. The predicted octanol–water partition coefficient (Wildman–Crippen LogP) is 1.35. The molecule has 4 nitrogen and oxygen atoms in total. The van der Waals surface area contributed by atoms with Gasteiger partial charge in [0.25, 0.3) is 0 Å². The summed E-state index contributed by atoms with van der Waals surface area (Å²) in [5.41, 5.74) is 0.641. The Bertz CT molecular complexity index is 470. The van der Waals surface area contributed by atoms with E-state index in [1.54, 1.807) is 11.3 Å². The first-order valence-corrected chi connectivity index (χ1v) is 6.42. The molecule has 2 aromatic rings. The molecular formula is C11H15N3OS. The van der Waals surface area contributed by atoms with E-state index in [0.29, 0.717) is 0 Å². The van der Waals surface area contributed by atoms with Crippen LogP contribution in [0.1, 0.15) is 19.0 Å². The highest BCUT2D eigenvalue weighted by molar-refractivity contribution is 7.15. The lowest BCUT2D eigenvalue weighted by Crippen LogP contribution is -2.60. The third kappa shape index (κ3) is 1.65. The molecule has 16 heavy (non-hydrogen) atoms. The molecule has 0 amide bonds. The fourth-order valence-corrected chi connectivity index (χ4v) is 2.92. The van der Waals surface area contributed by atoms with Crippen molar-refractivity contribution in [2.75, 3.05) is 13.1 Å². The van der Waals surface area contributed by atoms with E-state index >= 15 is 0 Å². The largest absolute Gasteiger partial charge is 0.387 e. The second-order valence-corrected chi connectivity index (χ2v) is 5.42. The van der Waals surface area contributed by atoms with Crippen molar-refractivity contribution in [3.8, 4) is 0 Å². The molecule has 0 aromatic carbocycles. The molecule has 0 saturated carbocycles. The van der Waals surface area contributed by atoms with E-state index in [1.807, 2.05) is 22.9 Å². The Hall–Kier alpha value is -0.910. The zero-order chi connectivity index (χ0) is 11.2. The minimum Gasteiger partial charge on any atom is -0.387 e. The van der Waals surface area contributed by atoms with Crippen LogP contribution < -0.4 is 0 Å². The van der Waals surface area contributed by atoms with E-state index < -0.39 is 5.60 Å². The normalized spacial score (nSPS) is 20.1. The van der Waals surface area contributed by atoms with Crippen LogP contribution in [-0.2, 0) is 6.54 Å². The lowest BCUT2D eigenvalue weighted by Gasteiger charge is -2.45. The van der Waals surface area contributed by atoms with Crippen LogP contribution in [0.2, 0.25) is 0 Å². The van der Waals surface area contributed by atoms with Gasteiger partial charge in [0.1, 0.15) is 0 Å². The molecule has 0 radical (unpaired) electrons. The highest BCUT2D eigenvalue weighted by atomic mass is 32.1. The van der Waals surface area contributed by atoms with Crippen molar-refractivity contribution in [3.05, 3.63) is 23.5 Å². The molecule has 0 unspecified atom stereocenters. The van der Waals surface area contributed by atoms with Gasteiger partial charge in [0.15, 0.2) is 4.96 Å². The summed E-state index contributed by atoms with van der Waals surface area (Å²) >= 11 is 1.65. The van der Waals surface area contributed by atoms with Crippen molar-refractivity contribution in [1.29, 1.82) is 0 Å². The van der Waals surface area contributed by atoms with Gasteiger partial charge in [-0.05, 0) is 6.42 Å². The van der Waals surface area contributed by atoms with Crippen LogP contribution in [0, 0.1) is 0 Å². The lowest BCUT2D eigenvalue weighted by molar-refractivity contribution is -0.103. The van der Waals surface area contributed by atoms with Gasteiger partial charge in [0, 0.05) is 37.4 Å². The Morgan fingerprint density at radius 3 is 3.06 bits per heavy atom. The van der Waals surface area contributed by atoms with Gasteiger partial charge in [0.2, 0.25) is 0 Å². The Morgan fingerprint density at radius 2 is 2.38 bits per heavy atom. The summed E-state index contributed by atoms with van der Waals surface area (Å²) < 4.78 is 2.05. The van der Waals surface area contributed by atoms with E-state index in [0.717, 1.165) is 36.7 Å². The van der Waals surface area contributed by atoms with Gasteiger partial charge < -0.3 is 5.11 Å². The van der Waals surface area contributed by atoms with Crippen molar-refractivity contribution in [2.45, 2.75) is 25.5 Å². The molecule has 0 aliphatic carbocycles. The van der Waals surface area contributed by atoms with Gasteiger partial charge >= 0.3 is 0 Å². The Balaban J connectivity index is 1.66. The Kier molecular flexibility index (Phi) is 2.27. The van der Waals surface area contributed by atoms with E-state index in [-0.39, 0.29) is 0 Å². The summed E-state index contributed by atoms with van der Waals surface area (Å²) in [6.07, 6.45) is 4.92. The number of β-amino-alcohol motifs (C(OH)–C–C–N with tert-alkyl or cyclic N) is 1. The van der Waals surface area contributed by atoms with Crippen molar-refractivity contribution in [3.63, 3.8) is 0 Å². The second-order valence-electron chi connectivity index (χ2n) is 4.55. The van der Waals surface area contributed by atoms with Crippen LogP contribution in [0.4, 0.5) is 0 Å². The molecule has 0 atom stereocenters. The maximum absolute atomic E-state index is 9.90. The first-order chi connectivity index (χ1) is 7.68. The van der Waals surface area contributed by atoms with Gasteiger partial charge in [-0.3, -0.25) is 9.30 Å². The third-order valence-corrected chi connectivity index (χ3v) is 3.99. The van der Waals surface area contributed by atoms with Crippen molar-refractivity contribution in [1.82, 2.24) is 14.3 Å². The molecule has 86 valence electrons. The molecule has 1 N–H and O–H groups in total. The first kappa shape index (κ1) is 10.3. The average molecular weight is 237 g/mol. The zero-order valence-corrected chi connectivity index (χ0v) is 10.1. The van der Waals surface area contributed by atoms with Crippen LogP contribution in [0.25, 0.3) is 4.96 Å². The number of fused-ring (bicyclic) bond motifs is 1. The van der Waals surface area contributed by atoms with E-state index in [9.17, 15) is 5.11 Å². The fraction of sp³-hybridized carbons (Fsp3) is 0.545. The van der Waals surface area contributed by atoms with Crippen molar-refractivity contribution < 1.29 is 5.11 Å². The lowest BCUT2D eigenvalue weighted by atomic mass is 9.91. The van der Waals surface area contributed by atoms with Crippen LogP contribution in [-0.4, -0.2) is 38.1 Å². The molecule has 1 aliphatic rings. The van der Waals surface area contributed by atoms with Gasteiger partial charge in [-0.2, -0.15) is 0 Å². The van der Waals surface area contributed by atoms with E-state index in [2.05, 4.69) is 16.1 Å². The average Bonchev–Trinajstić information content (AvgIpc) is 2.75. The smallest absolute Gasteiger partial charge is 0.193 e. The summed E-state index contributed by atoms with van der Waals surface area (Å²) in [5.74, 6) is 0. The van der Waals surface area contributed by atoms with Crippen LogP contribution in [0.15, 0.2) is 17.8 Å². The molecular weight excluding hydrogens is 222 g/mol. The van der Waals surface area contributed by atoms with Gasteiger partial charge in [-0.15, -0.1) is 11.3 Å². The number of aliphatic hydroxyl groups is 1. The topological polar surface area (TPSA) is 40.8 Å². The number of rotatable bonds is 3. The SMILES string of the molecule is CCC1(O)CN(Cc2cn3ccsc3n2)C1. The zero-order valence-electron chi connectivity index (χ0n) is 9.26. The van der Waals surface area contributed by atoms with E-state index in [1.165, 1.54) is 0 Å². The summed E-state index contributed by atoms with van der Waals surface area (Å²) in [7, 11) is 0. The summed E-state index contributed by atoms with van der Waals surface area (Å²) in [6.45, 7) is 4.42. The third-order valence-electron chi connectivity index (χ3n) is 3.22. The number of thiazole rings is 1. The van der Waals surface area contributed by atoms with E-state index in [4.69, 9.17) is 0 Å². The molecule has 3 rings (SSSR count). The summed E-state index contributed by atoms with van der Waals surface area (Å²) in [4.78, 5) is 7.80. The number of hydrogen-bond acceptors (Lipinski definition) is 4. The fourth-order valence-electron chi connectivity index (χ4n) is 2.20. The number of aromatic nitrogens is 2. The number of hydrogen-bond donors (Lipinski definition) is 1. The maximum atomic E-state index is 9.90. The van der Waals surface area contributed by atoms with Crippen molar-refractivity contribution >= 4 is 16.3 Å². The number of nitrogens with zero attached hydrogens (tertiary/aromatic N) is 3. The molecule has 1 fully saturated rings. The molecule has 0 spiro atoms. The Labute approximate surface area is 98.1 Å². The summed E-state index contributed by atoms with van der Waals surface area (Å²) in [5, 5.41) is 11.9.